The van der Waals surface area contributed by atoms with Gasteiger partial charge in [-0.3, -0.25) is 14.4 Å². The van der Waals surface area contributed by atoms with Gasteiger partial charge in [-0.25, -0.2) is 9.48 Å². The van der Waals surface area contributed by atoms with Gasteiger partial charge in [-0.2, -0.15) is 0 Å². The summed E-state index contributed by atoms with van der Waals surface area (Å²) in [6.07, 6.45) is -0.218. The topological polar surface area (TPSA) is 128 Å². The quantitative estimate of drug-likeness (QED) is 0.234. The molecule has 41 heavy (non-hydrogen) atoms. The Hall–Kier alpha value is -4.76. The summed E-state index contributed by atoms with van der Waals surface area (Å²) >= 11 is 6.25. The lowest BCUT2D eigenvalue weighted by molar-refractivity contribution is -0.119. The van der Waals surface area contributed by atoms with Crippen LogP contribution >= 0.6 is 11.6 Å². The number of hydrogen-bond acceptors (Lipinski definition) is 6. The molecule has 0 saturated heterocycles. The molecule has 2 N–H and O–H groups in total. The third-order valence-corrected chi connectivity index (χ3v) is 6.43. The number of ether oxygens (including phenoxy) is 1. The molecular formula is C31H28ClN3O6. The van der Waals surface area contributed by atoms with Crippen LogP contribution in [-0.4, -0.2) is 38.7 Å². The van der Waals surface area contributed by atoms with Gasteiger partial charge < -0.3 is 15.2 Å². The lowest BCUT2D eigenvalue weighted by Crippen LogP contribution is -2.36. The molecule has 4 aromatic rings. The highest BCUT2D eigenvalue weighted by Crippen LogP contribution is 2.33. The highest BCUT2D eigenvalue weighted by Gasteiger charge is 2.27. The zero-order valence-corrected chi connectivity index (χ0v) is 23.4. The second-order valence-corrected chi connectivity index (χ2v) is 10.1. The Balaban J connectivity index is 1.83. The van der Waals surface area contributed by atoms with Gasteiger partial charge in [0.05, 0.1) is 17.2 Å². The van der Waals surface area contributed by atoms with Crippen molar-refractivity contribution >= 4 is 34.9 Å². The summed E-state index contributed by atoms with van der Waals surface area (Å²) < 4.78 is 7.05. The number of hydrogen-bond donors (Lipinski definition) is 2. The van der Waals surface area contributed by atoms with Crippen LogP contribution in [0.2, 0.25) is 5.02 Å². The maximum atomic E-state index is 13.6. The van der Waals surface area contributed by atoms with Crippen molar-refractivity contribution in [1.29, 1.82) is 0 Å². The standard InChI is InChI=1S/C31H28ClN3O6/c1-18(2)41-30-26(25-16-22(32)11-14-24(25)19(3)36)17-28(37)35(34-30)27(15-20-7-5-4-6-8-20)29(38)33-23-12-9-21(10-13-23)31(39)40/h4-14,16-18,27H,15H2,1-3H3,(H,33,38)(H,39,40)/t27-/m0/s1. The van der Waals surface area contributed by atoms with Crippen molar-refractivity contribution in [3.63, 3.8) is 0 Å². The molecular weight excluding hydrogens is 546 g/mol. The molecule has 3 aromatic carbocycles. The molecule has 0 aliphatic carbocycles. The molecule has 1 amide bonds. The van der Waals surface area contributed by atoms with Crippen molar-refractivity contribution in [2.45, 2.75) is 39.3 Å². The third kappa shape index (κ3) is 7.06. The first kappa shape index (κ1) is 29.2. The molecule has 0 aliphatic heterocycles. The Bertz CT molecular complexity index is 1650. The van der Waals surface area contributed by atoms with E-state index in [1.54, 1.807) is 32.0 Å². The molecule has 210 valence electrons. The van der Waals surface area contributed by atoms with E-state index in [0.29, 0.717) is 21.8 Å². The van der Waals surface area contributed by atoms with Gasteiger partial charge in [-0.1, -0.05) is 41.9 Å². The first-order valence-corrected chi connectivity index (χ1v) is 13.2. The van der Waals surface area contributed by atoms with Gasteiger partial charge >= 0.3 is 5.97 Å². The normalized spacial score (nSPS) is 11.6. The van der Waals surface area contributed by atoms with Crippen molar-refractivity contribution in [2.75, 3.05) is 5.32 Å². The number of Topliss-reactive ketones (excluding diaryl/α,β-unsaturated/α-hetero) is 1. The van der Waals surface area contributed by atoms with Gasteiger partial charge in [0.1, 0.15) is 6.04 Å². The van der Waals surface area contributed by atoms with Crippen molar-refractivity contribution in [3.8, 4) is 17.0 Å². The summed E-state index contributed by atoms with van der Waals surface area (Å²) in [5, 5.41) is 16.8. The highest BCUT2D eigenvalue weighted by atomic mass is 35.5. The minimum absolute atomic E-state index is 0.0565. The van der Waals surface area contributed by atoms with Gasteiger partial charge in [-0.15, -0.1) is 5.10 Å². The number of ketones is 1. The van der Waals surface area contributed by atoms with E-state index in [1.807, 2.05) is 30.3 Å². The summed E-state index contributed by atoms with van der Waals surface area (Å²) in [5.41, 5.74) is 1.61. The van der Waals surface area contributed by atoms with Crippen LogP contribution in [-0.2, 0) is 11.2 Å². The molecule has 1 atom stereocenters. The zero-order chi connectivity index (χ0) is 29.7. The summed E-state index contributed by atoms with van der Waals surface area (Å²) in [6.45, 7) is 4.99. The highest BCUT2D eigenvalue weighted by molar-refractivity contribution is 6.31. The molecule has 0 aliphatic rings. The fraction of sp³-hybridized carbons (Fsp3) is 0.194. The smallest absolute Gasteiger partial charge is 0.335 e. The van der Waals surface area contributed by atoms with E-state index in [1.165, 1.54) is 37.3 Å². The van der Waals surface area contributed by atoms with Gasteiger partial charge in [0, 0.05) is 28.8 Å². The van der Waals surface area contributed by atoms with Crippen LogP contribution in [0.25, 0.3) is 11.1 Å². The molecule has 0 bridgehead atoms. The van der Waals surface area contributed by atoms with Crippen LogP contribution in [0.3, 0.4) is 0 Å². The number of carbonyl (C=O) groups excluding carboxylic acids is 2. The number of aromatic nitrogens is 2. The lowest BCUT2D eigenvalue weighted by atomic mass is 9.98. The average Bonchev–Trinajstić information content (AvgIpc) is 2.93. The minimum Gasteiger partial charge on any atom is -0.478 e. The van der Waals surface area contributed by atoms with Crippen LogP contribution in [0.15, 0.2) is 83.7 Å². The molecule has 0 saturated carbocycles. The summed E-state index contributed by atoms with van der Waals surface area (Å²) in [7, 11) is 0. The van der Waals surface area contributed by atoms with Crippen molar-refractivity contribution in [2.24, 2.45) is 0 Å². The summed E-state index contributed by atoms with van der Waals surface area (Å²) in [5.74, 6) is -1.81. The number of carboxylic acids is 1. The van der Waals surface area contributed by atoms with Crippen molar-refractivity contribution in [3.05, 3.63) is 111 Å². The SMILES string of the molecule is CC(=O)c1ccc(Cl)cc1-c1cc(=O)n([C@@H](Cc2ccccc2)C(=O)Nc2ccc(C(=O)O)cc2)nc1OC(C)C. The van der Waals surface area contributed by atoms with E-state index in [0.717, 1.165) is 10.2 Å². The van der Waals surface area contributed by atoms with Gasteiger partial charge in [-0.05, 0) is 74.4 Å². The first-order chi connectivity index (χ1) is 19.5. The zero-order valence-electron chi connectivity index (χ0n) is 22.6. The molecule has 9 nitrogen and oxygen atoms in total. The number of benzene rings is 3. The second-order valence-electron chi connectivity index (χ2n) is 9.64. The Morgan fingerprint density at radius 2 is 1.66 bits per heavy atom. The number of aromatic carboxylic acids is 1. The van der Waals surface area contributed by atoms with Crippen LogP contribution in [0.1, 0.15) is 53.1 Å². The van der Waals surface area contributed by atoms with Crippen LogP contribution in [0, 0.1) is 0 Å². The van der Waals surface area contributed by atoms with E-state index in [-0.39, 0.29) is 35.3 Å². The second kappa shape index (κ2) is 12.6. The number of carboxylic acid groups (broad SMARTS) is 1. The number of rotatable bonds is 10. The summed E-state index contributed by atoms with van der Waals surface area (Å²) in [4.78, 5) is 50.8. The van der Waals surface area contributed by atoms with Gasteiger partial charge in [0.15, 0.2) is 5.78 Å². The van der Waals surface area contributed by atoms with Crippen molar-refractivity contribution in [1.82, 2.24) is 9.78 Å². The largest absolute Gasteiger partial charge is 0.478 e. The molecule has 0 unspecified atom stereocenters. The number of nitrogens with one attached hydrogen (secondary N) is 1. The van der Waals surface area contributed by atoms with Gasteiger partial charge in [0.2, 0.25) is 11.8 Å². The van der Waals surface area contributed by atoms with Gasteiger partial charge in [0.25, 0.3) is 5.56 Å². The molecule has 1 heterocycles. The third-order valence-electron chi connectivity index (χ3n) is 6.19. The number of carbonyl (C=O) groups is 3. The lowest BCUT2D eigenvalue weighted by Gasteiger charge is -2.22. The number of anilines is 1. The minimum atomic E-state index is -1.10. The molecule has 0 spiro atoms. The summed E-state index contributed by atoms with van der Waals surface area (Å²) in [6, 6.07) is 19.7. The Labute approximate surface area is 241 Å². The van der Waals surface area contributed by atoms with E-state index in [9.17, 15) is 24.3 Å². The number of nitrogens with zero attached hydrogens (tertiary/aromatic N) is 2. The van der Waals surface area contributed by atoms with Crippen LogP contribution < -0.4 is 15.6 Å². The fourth-order valence-corrected chi connectivity index (χ4v) is 4.45. The van der Waals surface area contributed by atoms with E-state index in [2.05, 4.69) is 10.4 Å². The Morgan fingerprint density at radius 3 is 2.27 bits per heavy atom. The average molecular weight is 574 g/mol. The molecule has 0 fully saturated rings. The van der Waals surface area contributed by atoms with Crippen LogP contribution in [0.5, 0.6) is 5.88 Å². The molecule has 1 aromatic heterocycles. The van der Waals surface area contributed by atoms with E-state index >= 15 is 0 Å². The molecule has 4 rings (SSSR count). The van der Waals surface area contributed by atoms with Crippen molar-refractivity contribution < 1.29 is 24.2 Å². The predicted molar refractivity (Wildman–Crippen MR) is 156 cm³/mol. The fourth-order valence-electron chi connectivity index (χ4n) is 4.27. The van der Waals surface area contributed by atoms with E-state index in [4.69, 9.17) is 16.3 Å². The first-order valence-electron chi connectivity index (χ1n) is 12.8. The maximum absolute atomic E-state index is 13.6. The number of halogens is 1. The van der Waals surface area contributed by atoms with E-state index < -0.39 is 23.5 Å². The molecule has 10 heteroatoms. The maximum Gasteiger partial charge on any atom is 0.335 e. The Kier molecular flexibility index (Phi) is 8.99. The monoisotopic (exact) mass is 573 g/mol. The number of amides is 1. The molecule has 0 radical (unpaired) electrons. The van der Waals surface area contributed by atoms with Crippen LogP contribution in [0.4, 0.5) is 5.69 Å². The Morgan fingerprint density at radius 1 is 0.976 bits per heavy atom. The predicted octanol–water partition coefficient (Wildman–Crippen LogP) is 5.67.